The van der Waals surface area contributed by atoms with Crippen molar-refractivity contribution in [2.75, 3.05) is 18.0 Å². The fourth-order valence-electron chi connectivity index (χ4n) is 2.34. The van der Waals surface area contributed by atoms with E-state index in [-0.39, 0.29) is 6.04 Å². The zero-order valence-corrected chi connectivity index (χ0v) is 9.66. The normalized spacial score (nSPS) is 17.4. The van der Waals surface area contributed by atoms with Crippen LogP contribution in [0.15, 0.2) is 18.2 Å². The molecule has 0 fully saturated rings. The lowest BCUT2D eigenvalue weighted by molar-refractivity contribution is 0.633. The first-order chi connectivity index (χ1) is 7.16. The van der Waals surface area contributed by atoms with Crippen molar-refractivity contribution < 1.29 is 0 Å². The summed E-state index contributed by atoms with van der Waals surface area (Å²) in [6.07, 6.45) is 2.47. The van der Waals surface area contributed by atoms with E-state index in [2.05, 4.69) is 36.9 Å². The molecular weight excluding hydrogens is 184 g/mol. The summed E-state index contributed by atoms with van der Waals surface area (Å²) in [5.74, 6) is 0. The number of benzene rings is 1. The molecular formula is C13H20N2. The predicted octanol–water partition coefficient (Wildman–Crippen LogP) is 2.09. The lowest BCUT2D eigenvalue weighted by Gasteiger charge is -2.32. The van der Waals surface area contributed by atoms with E-state index < -0.39 is 0 Å². The zero-order chi connectivity index (χ0) is 10.8. The maximum atomic E-state index is 5.87. The molecule has 15 heavy (non-hydrogen) atoms. The van der Waals surface area contributed by atoms with Crippen molar-refractivity contribution in [3.63, 3.8) is 0 Å². The molecule has 82 valence electrons. The largest absolute Gasteiger partial charge is 0.370 e. The molecule has 1 aromatic rings. The van der Waals surface area contributed by atoms with Gasteiger partial charge in [0.15, 0.2) is 0 Å². The van der Waals surface area contributed by atoms with Gasteiger partial charge >= 0.3 is 0 Å². The molecule has 0 radical (unpaired) electrons. The first-order valence-electron chi connectivity index (χ1n) is 5.77. The highest BCUT2D eigenvalue weighted by Gasteiger charge is 2.17. The second kappa shape index (κ2) is 4.23. The van der Waals surface area contributed by atoms with Gasteiger partial charge in [0.2, 0.25) is 0 Å². The van der Waals surface area contributed by atoms with Crippen molar-refractivity contribution >= 4 is 5.69 Å². The number of anilines is 1. The maximum absolute atomic E-state index is 5.87. The summed E-state index contributed by atoms with van der Waals surface area (Å²) >= 11 is 0. The molecule has 1 aliphatic heterocycles. The van der Waals surface area contributed by atoms with Gasteiger partial charge in [0.05, 0.1) is 0 Å². The topological polar surface area (TPSA) is 29.3 Å². The Balaban J connectivity index is 2.26. The SMILES string of the molecule is Cc1ccc2c(c1)CCCN2C[C@@H](C)N. The van der Waals surface area contributed by atoms with Gasteiger partial charge < -0.3 is 10.6 Å². The van der Waals surface area contributed by atoms with Crippen molar-refractivity contribution in [3.05, 3.63) is 29.3 Å². The number of hydrogen-bond donors (Lipinski definition) is 1. The van der Waals surface area contributed by atoms with E-state index in [1.807, 2.05) is 0 Å². The average Bonchev–Trinajstić information content (AvgIpc) is 2.16. The van der Waals surface area contributed by atoms with Gasteiger partial charge in [-0.1, -0.05) is 17.7 Å². The summed E-state index contributed by atoms with van der Waals surface area (Å²) in [7, 11) is 0. The number of nitrogens with zero attached hydrogens (tertiary/aromatic N) is 1. The Morgan fingerprint density at radius 2 is 2.27 bits per heavy atom. The Kier molecular flexibility index (Phi) is 2.96. The second-order valence-corrected chi connectivity index (χ2v) is 4.66. The molecule has 1 aromatic carbocycles. The molecule has 1 atom stereocenters. The van der Waals surface area contributed by atoms with Gasteiger partial charge in [-0.05, 0) is 38.3 Å². The lowest BCUT2D eigenvalue weighted by atomic mass is 9.99. The highest BCUT2D eigenvalue weighted by atomic mass is 15.1. The highest BCUT2D eigenvalue weighted by molar-refractivity contribution is 5.56. The third-order valence-corrected chi connectivity index (χ3v) is 2.96. The molecule has 0 saturated carbocycles. The smallest absolute Gasteiger partial charge is 0.0399 e. The molecule has 0 unspecified atom stereocenters. The van der Waals surface area contributed by atoms with Crippen LogP contribution in [0.4, 0.5) is 5.69 Å². The van der Waals surface area contributed by atoms with Crippen LogP contribution < -0.4 is 10.6 Å². The predicted molar refractivity (Wildman–Crippen MR) is 65.4 cm³/mol. The summed E-state index contributed by atoms with van der Waals surface area (Å²) in [5.41, 5.74) is 10.1. The minimum absolute atomic E-state index is 0.247. The van der Waals surface area contributed by atoms with Gasteiger partial charge in [-0.3, -0.25) is 0 Å². The minimum Gasteiger partial charge on any atom is -0.370 e. The average molecular weight is 204 g/mol. The molecule has 0 bridgehead atoms. The Morgan fingerprint density at radius 1 is 1.47 bits per heavy atom. The van der Waals surface area contributed by atoms with Crippen LogP contribution in [0.25, 0.3) is 0 Å². The molecule has 2 nitrogen and oxygen atoms in total. The van der Waals surface area contributed by atoms with Crippen LogP contribution in [0.3, 0.4) is 0 Å². The van der Waals surface area contributed by atoms with Gasteiger partial charge in [0, 0.05) is 24.8 Å². The van der Waals surface area contributed by atoms with E-state index >= 15 is 0 Å². The van der Waals surface area contributed by atoms with E-state index in [1.54, 1.807) is 0 Å². The molecule has 0 spiro atoms. The summed E-state index contributed by atoms with van der Waals surface area (Å²) in [6, 6.07) is 6.99. The first-order valence-corrected chi connectivity index (χ1v) is 5.77. The second-order valence-electron chi connectivity index (χ2n) is 4.66. The van der Waals surface area contributed by atoms with E-state index in [4.69, 9.17) is 5.73 Å². The monoisotopic (exact) mass is 204 g/mol. The fraction of sp³-hybridized carbons (Fsp3) is 0.538. The molecule has 0 aromatic heterocycles. The van der Waals surface area contributed by atoms with Crippen molar-refractivity contribution in [1.29, 1.82) is 0 Å². The molecule has 0 amide bonds. The fourth-order valence-corrected chi connectivity index (χ4v) is 2.34. The zero-order valence-electron chi connectivity index (χ0n) is 9.66. The van der Waals surface area contributed by atoms with Crippen LogP contribution in [0.2, 0.25) is 0 Å². The van der Waals surface area contributed by atoms with Crippen molar-refractivity contribution in [1.82, 2.24) is 0 Å². The van der Waals surface area contributed by atoms with E-state index in [0.29, 0.717) is 0 Å². The van der Waals surface area contributed by atoms with E-state index in [9.17, 15) is 0 Å². The molecule has 1 heterocycles. The lowest BCUT2D eigenvalue weighted by Crippen LogP contribution is -2.38. The van der Waals surface area contributed by atoms with Gasteiger partial charge in [-0.15, -0.1) is 0 Å². The number of rotatable bonds is 2. The third kappa shape index (κ3) is 2.32. The Morgan fingerprint density at radius 3 is 3.00 bits per heavy atom. The van der Waals surface area contributed by atoms with Crippen molar-refractivity contribution in [2.24, 2.45) is 5.73 Å². The summed E-state index contributed by atoms with van der Waals surface area (Å²) in [4.78, 5) is 2.42. The van der Waals surface area contributed by atoms with Gasteiger partial charge in [-0.25, -0.2) is 0 Å². The molecule has 1 aliphatic rings. The number of hydrogen-bond acceptors (Lipinski definition) is 2. The first kappa shape index (κ1) is 10.5. The third-order valence-electron chi connectivity index (χ3n) is 2.96. The minimum atomic E-state index is 0.247. The van der Waals surface area contributed by atoms with Crippen molar-refractivity contribution in [2.45, 2.75) is 32.7 Å². The Bertz CT molecular complexity index is 344. The van der Waals surface area contributed by atoms with E-state index in [1.165, 1.54) is 29.7 Å². The van der Waals surface area contributed by atoms with Gasteiger partial charge in [0.1, 0.15) is 0 Å². The van der Waals surface area contributed by atoms with Crippen LogP contribution in [0.1, 0.15) is 24.5 Å². The quantitative estimate of drug-likeness (QED) is 0.799. The van der Waals surface area contributed by atoms with Crippen LogP contribution in [-0.4, -0.2) is 19.1 Å². The molecule has 2 N–H and O–H groups in total. The maximum Gasteiger partial charge on any atom is 0.0399 e. The Hall–Kier alpha value is -1.02. The highest BCUT2D eigenvalue weighted by Crippen LogP contribution is 2.27. The van der Waals surface area contributed by atoms with Crippen molar-refractivity contribution in [3.8, 4) is 0 Å². The number of fused-ring (bicyclic) bond motifs is 1. The standard InChI is InChI=1S/C13H20N2/c1-10-5-6-13-12(8-10)4-3-7-15(13)9-11(2)14/h5-6,8,11H,3-4,7,9,14H2,1-2H3/t11-/m1/s1. The number of aryl methyl sites for hydroxylation is 2. The molecule has 0 aliphatic carbocycles. The molecule has 2 rings (SSSR count). The van der Waals surface area contributed by atoms with Crippen LogP contribution >= 0.6 is 0 Å². The van der Waals surface area contributed by atoms with Gasteiger partial charge in [-0.2, -0.15) is 0 Å². The Labute approximate surface area is 92.1 Å². The van der Waals surface area contributed by atoms with E-state index in [0.717, 1.165) is 13.1 Å². The summed E-state index contributed by atoms with van der Waals surface area (Å²) < 4.78 is 0. The van der Waals surface area contributed by atoms with Crippen LogP contribution in [-0.2, 0) is 6.42 Å². The molecule has 0 saturated heterocycles. The van der Waals surface area contributed by atoms with Crippen LogP contribution in [0.5, 0.6) is 0 Å². The van der Waals surface area contributed by atoms with Gasteiger partial charge in [0.25, 0.3) is 0 Å². The van der Waals surface area contributed by atoms with Crippen LogP contribution in [0, 0.1) is 6.92 Å². The summed E-state index contributed by atoms with van der Waals surface area (Å²) in [5, 5.41) is 0. The summed E-state index contributed by atoms with van der Waals surface area (Å²) in [6.45, 7) is 6.35. The number of nitrogens with two attached hydrogens (primary N) is 1. The molecule has 2 heteroatoms.